The van der Waals surface area contributed by atoms with Crippen molar-refractivity contribution in [2.75, 3.05) is 13.1 Å². The second-order valence-corrected chi connectivity index (χ2v) is 8.39. The first-order valence-electron chi connectivity index (χ1n) is 8.64. The van der Waals surface area contributed by atoms with Gasteiger partial charge in [0.05, 0.1) is 0 Å². The van der Waals surface area contributed by atoms with Gasteiger partial charge in [0.25, 0.3) is 0 Å². The van der Waals surface area contributed by atoms with Crippen LogP contribution in [-0.2, 0) is 19.6 Å². The first-order chi connectivity index (χ1) is 12.2. The molecule has 1 unspecified atom stereocenters. The van der Waals surface area contributed by atoms with E-state index in [2.05, 4.69) is 10.5 Å². The molecule has 9 nitrogen and oxygen atoms in total. The summed E-state index contributed by atoms with van der Waals surface area (Å²) < 4.78 is 31.8. The van der Waals surface area contributed by atoms with Crippen molar-refractivity contribution < 1.29 is 27.6 Å². The van der Waals surface area contributed by atoms with Crippen molar-refractivity contribution in [1.29, 1.82) is 0 Å². The first kappa shape index (κ1) is 20.4. The van der Waals surface area contributed by atoms with Crippen LogP contribution in [0, 0.1) is 19.8 Å². The van der Waals surface area contributed by atoms with Gasteiger partial charge in [0.15, 0.2) is 5.76 Å². The van der Waals surface area contributed by atoms with Crippen LogP contribution < -0.4 is 5.32 Å². The zero-order valence-electron chi connectivity index (χ0n) is 15.2. The third-order valence-electron chi connectivity index (χ3n) is 4.58. The molecule has 1 atom stereocenters. The molecule has 2 heterocycles. The summed E-state index contributed by atoms with van der Waals surface area (Å²) in [4.78, 5) is 23.6. The molecular formula is C16H25N3O6S. The SMILES string of the molecule is CCCC(NC(=O)C1CCN(S(=O)(=O)c2c(C)noc2C)CC1)C(=O)O. The van der Waals surface area contributed by atoms with E-state index >= 15 is 0 Å². The van der Waals surface area contributed by atoms with Crippen molar-refractivity contribution >= 4 is 21.9 Å². The van der Waals surface area contributed by atoms with Crippen molar-refractivity contribution in [1.82, 2.24) is 14.8 Å². The maximum Gasteiger partial charge on any atom is 0.326 e. The molecule has 1 aromatic heterocycles. The zero-order chi connectivity index (χ0) is 19.5. The number of hydrogen-bond donors (Lipinski definition) is 2. The molecule has 1 amide bonds. The average Bonchev–Trinajstić information content (AvgIpc) is 2.93. The number of nitrogens with one attached hydrogen (secondary N) is 1. The average molecular weight is 387 g/mol. The van der Waals surface area contributed by atoms with Gasteiger partial charge in [-0.25, -0.2) is 13.2 Å². The molecule has 1 fully saturated rings. The largest absolute Gasteiger partial charge is 0.480 e. The summed E-state index contributed by atoms with van der Waals surface area (Å²) in [5.74, 6) is -1.55. The minimum atomic E-state index is -3.72. The Morgan fingerprint density at radius 1 is 1.35 bits per heavy atom. The Hall–Kier alpha value is -1.94. The second-order valence-electron chi connectivity index (χ2n) is 6.52. The summed E-state index contributed by atoms with van der Waals surface area (Å²) in [6, 6.07) is -0.906. The van der Waals surface area contributed by atoms with E-state index in [1.807, 2.05) is 6.92 Å². The molecule has 26 heavy (non-hydrogen) atoms. The molecule has 1 saturated heterocycles. The lowest BCUT2D eigenvalue weighted by Gasteiger charge is -2.31. The number of aliphatic carboxylic acids is 1. The minimum absolute atomic E-state index is 0.0780. The molecule has 2 N–H and O–H groups in total. The fourth-order valence-electron chi connectivity index (χ4n) is 3.17. The minimum Gasteiger partial charge on any atom is -0.480 e. The summed E-state index contributed by atoms with van der Waals surface area (Å²) in [5.41, 5.74) is 0.311. The van der Waals surface area contributed by atoms with Crippen LogP contribution in [0.5, 0.6) is 0 Å². The van der Waals surface area contributed by atoms with E-state index in [4.69, 9.17) is 9.63 Å². The highest BCUT2D eigenvalue weighted by molar-refractivity contribution is 7.89. The molecule has 0 saturated carbocycles. The fraction of sp³-hybridized carbons (Fsp3) is 0.688. The number of sulfonamides is 1. The van der Waals surface area contributed by atoms with E-state index < -0.39 is 28.0 Å². The number of rotatable bonds is 7. The van der Waals surface area contributed by atoms with E-state index in [1.54, 1.807) is 13.8 Å². The maximum atomic E-state index is 12.8. The van der Waals surface area contributed by atoms with Crippen LogP contribution in [0.25, 0.3) is 0 Å². The highest BCUT2D eigenvalue weighted by atomic mass is 32.2. The van der Waals surface area contributed by atoms with E-state index in [-0.39, 0.29) is 29.7 Å². The molecule has 0 spiro atoms. The Bertz CT molecular complexity index is 745. The third kappa shape index (κ3) is 4.24. The van der Waals surface area contributed by atoms with Gasteiger partial charge in [-0.05, 0) is 33.1 Å². The van der Waals surface area contributed by atoms with Crippen molar-refractivity contribution in [2.24, 2.45) is 5.92 Å². The molecule has 1 aliphatic heterocycles. The molecule has 0 radical (unpaired) electrons. The van der Waals surface area contributed by atoms with Crippen molar-refractivity contribution in [3.05, 3.63) is 11.5 Å². The summed E-state index contributed by atoms with van der Waals surface area (Å²) in [6.07, 6.45) is 1.69. The van der Waals surface area contributed by atoms with Gasteiger partial charge < -0.3 is 14.9 Å². The molecule has 10 heteroatoms. The lowest BCUT2D eigenvalue weighted by molar-refractivity contribution is -0.142. The Morgan fingerprint density at radius 2 is 1.96 bits per heavy atom. The molecule has 0 aliphatic carbocycles. The van der Waals surface area contributed by atoms with E-state index in [1.165, 1.54) is 4.31 Å². The lowest BCUT2D eigenvalue weighted by Crippen LogP contribution is -2.47. The smallest absolute Gasteiger partial charge is 0.326 e. The van der Waals surface area contributed by atoms with Gasteiger partial charge in [0.1, 0.15) is 16.6 Å². The summed E-state index contributed by atoms with van der Waals surface area (Å²) in [6.45, 7) is 5.35. The van der Waals surface area contributed by atoms with Gasteiger partial charge in [-0.15, -0.1) is 0 Å². The number of hydrogen-bond acceptors (Lipinski definition) is 6. The topological polar surface area (TPSA) is 130 Å². The monoisotopic (exact) mass is 387 g/mol. The molecule has 1 aromatic rings. The van der Waals surface area contributed by atoms with Gasteiger partial charge in [0.2, 0.25) is 15.9 Å². The lowest BCUT2D eigenvalue weighted by atomic mass is 9.96. The molecular weight excluding hydrogens is 362 g/mol. The van der Waals surface area contributed by atoms with Crippen LogP contribution in [0.4, 0.5) is 0 Å². The number of carboxylic acid groups (broad SMARTS) is 1. The van der Waals surface area contributed by atoms with Gasteiger partial charge in [0, 0.05) is 19.0 Å². The Balaban J connectivity index is 2.00. The third-order valence-corrected chi connectivity index (χ3v) is 6.73. The van der Waals surface area contributed by atoms with Gasteiger partial charge in [-0.3, -0.25) is 4.79 Å². The summed E-state index contributed by atoms with van der Waals surface area (Å²) >= 11 is 0. The number of aromatic nitrogens is 1. The van der Waals surface area contributed by atoms with Crippen molar-refractivity contribution in [3.8, 4) is 0 Å². The maximum absolute atomic E-state index is 12.8. The Morgan fingerprint density at radius 3 is 2.42 bits per heavy atom. The number of nitrogens with zero attached hydrogens (tertiary/aromatic N) is 2. The molecule has 0 bridgehead atoms. The predicted molar refractivity (Wildman–Crippen MR) is 91.9 cm³/mol. The molecule has 0 aromatic carbocycles. The van der Waals surface area contributed by atoms with Crippen LogP contribution in [0.1, 0.15) is 44.1 Å². The summed E-state index contributed by atoms with van der Waals surface area (Å²) in [5, 5.41) is 15.4. The highest BCUT2D eigenvalue weighted by Crippen LogP contribution is 2.27. The van der Waals surface area contributed by atoms with Crippen LogP contribution in [0.2, 0.25) is 0 Å². The Labute approximate surface area is 152 Å². The number of carbonyl (C=O) groups is 2. The number of carboxylic acids is 1. The van der Waals surface area contributed by atoms with Gasteiger partial charge >= 0.3 is 5.97 Å². The van der Waals surface area contributed by atoms with Crippen LogP contribution >= 0.6 is 0 Å². The number of carbonyl (C=O) groups excluding carboxylic acids is 1. The first-order valence-corrected chi connectivity index (χ1v) is 10.1. The fourth-order valence-corrected chi connectivity index (χ4v) is 4.93. The normalized spacial score (nSPS) is 17.8. The second kappa shape index (κ2) is 8.17. The zero-order valence-corrected chi connectivity index (χ0v) is 16.0. The van der Waals surface area contributed by atoms with Crippen LogP contribution in [-0.4, -0.2) is 54.0 Å². The van der Waals surface area contributed by atoms with Crippen LogP contribution in [0.15, 0.2) is 9.42 Å². The highest BCUT2D eigenvalue weighted by Gasteiger charge is 2.36. The number of aryl methyl sites for hydroxylation is 2. The Kier molecular flexibility index (Phi) is 6.40. The number of piperidine rings is 1. The van der Waals surface area contributed by atoms with E-state index in [0.29, 0.717) is 31.4 Å². The summed E-state index contributed by atoms with van der Waals surface area (Å²) in [7, 11) is -3.72. The van der Waals surface area contributed by atoms with Crippen molar-refractivity contribution in [3.63, 3.8) is 0 Å². The van der Waals surface area contributed by atoms with Gasteiger partial charge in [-0.2, -0.15) is 4.31 Å². The molecule has 146 valence electrons. The van der Waals surface area contributed by atoms with Crippen LogP contribution in [0.3, 0.4) is 0 Å². The van der Waals surface area contributed by atoms with E-state index in [0.717, 1.165) is 0 Å². The molecule has 2 rings (SSSR count). The van der Waals surface area contributed by atoms with Crippen molar-refractivity contribution in [2.45, 2.75) is 57.4 Å². The standard InChI is InChI=1S/C16H25N3O6S/c1-4-5-13(16(21)22)17-15(20)12-6-8-19(9-7-12)26(23,24)14-10(2)18-25-11(14)3/h12-13H,4-9H2,1-3H3,(H,17,20)(H,21,22). The quantitative estimate of drug-likeness (QED) is 0.715. The van der Waals surface area contributed by atoms with E-state index in [9.17, 15) is 18.0 Å². The number of amides is 1. The van der Waals surface area contributed by atoms with Gasteiger partial charge in [-0.1, -0.05) is 18.5 Å². The molecule has 1 aliphatic rings. The predicted octanol–water partition coefficient (Wildman–Crippen LogP) is 1.06.